The Balaban J connectivity index is 1.08. The molecule has 2 heteroatoms. The smallest absolute Gasteiger partial charge is 0.0714 e. The van der Waals surface area contributed by atoms with Gasteiger partial charge in [-0.3, -0.25) is 0 Å². The highest BCUT2D eigenvalue weighted by atomic mass is 15.1. The van der Waals surface area contributed by atoms with E-state index in [2.05, 4.69) is 264 Å². The third kappa shape index (κ3) is 5.95. The van der Waals surface area contributed by atoms with E-state index in [1.807, 2.05) is 0 Å². The van der Waals surface area contributed by atoms with Crippen LogP contribution in [0.4, 0.5) is 17.1 Å². The highest BCUT2D eigenvalue weighted by Crippen LogP contribution is 2.58. The Hall–Kier alpha value is -8.20. The number of para-hydroxylation sites is 3. The minimum absolute atomic E-state index is 0.625. The van der Waals surface area contributed by atoms with Crippen molar-refractivity contribution in [1.82, 2.24) is 4.57 Å². The molecule has 296 valence electrons. The monoisotopic (exact) mass is 802 g/mol. The van der Waals surface area contributed by atoms with Crippen molar-refractivity contribution in [3.63, 3.8) is 0 Å². The van der Waals surface area contributed by atoms with E-state index in [9.17, 15) is 0 Å². The van der Waals surface area contributed by atoms with Crippen molar-refractivity contribution < 1.29 is 0 Å². The number of hydrogen-bond donors (Lipinski definition) is 0. The summed E-state index contributed by atoms with van der Waals surface area (Å²) in [7, 11) is 0. The summed E-state index contributed by atoms with van der Waals surface area (Å²) < 4.78 is 2.38. The quantitative estimate of drug-likeness (QED) is 0.149. The summed E-state index contributed by atoms with van der Waals surface area (Å²) in [4.78, 5) is 2.41. The first kappa shape index (κ1) is 36.6. The van der Waals surface area contributed by atoms with Crippen LogP contribution in [-0.2, 0) is 5.41 Å². The van der Waals surface area contributed by atoms with Gasteiger partial charge in [0.15, 0.2) is 0 Å². The van der Waals surface area contributed by atoms with E-state index < -0.39 is 5.41 Å². The van der Waals surface area contributed by atoms with Gasteiger partial charge in [-0.15, -0.1) is 0 Å². The van der Waals surface area contributed by atoms with E-state index in [0.717, 1.165) is 22.7 Å². The van der Waals surface area contributed by atoms with Gasteiger partial charge in [-0.2, -0.15) is 0 Å². The zero-order valence-electron chi connectivity index (χ0n) is 34.6. The lowest BCUT2D eigenvalue weighted by Gasteiger charge is -2.35. The largest absolute Gasteiger partial charge is 0.310 e. The molecule has 1 aromatic heterocycles. The molecule has 1 aliphatic carbocycles. The lowest BCUT2D eigenvalue weighted by atomic mass is 9.67. The number of fused-ring (bicyclic) bond motifs is 6. The molecule has 0 unspecified atom stereocenters. The average molecular weight is 803 g/mol. The van der Waals surface area contributed by atoms with Crippen LogP contribution >= 0.6 is 0 Å². The van der Waals surface area contributed by atoms with Crippen molar-refractivity contribution >= 4 is 38.9 Å². The Morgan fingerprint density at radius 2 is 0.762 bits per heavy atom. The molecule has 0 radical (unpaired) electrons. The Bertz CT molecular complexity index is 3300. The van der Waals surface area contributed by atoms with Crippen LogP contribution in [0.3, 0.4) is 0 Å². The maximum absolute atomic E-state index is 2.47. The van der Waals surface area contributed by atoms with Crippen LogP contribution in [0.15, 0.2) is 255 Å². The molecule has 0 spiro atoms. The van der Waals surface area contributed by atoms with Crippen LogP contribution in [-0.4, -0.2) is 4.57 Å². The Kier molecular flexibility index (Phi) is 8.76. The third-order valence-electron chi connectivity index (χ3n) is 13.1. The van der Waals surface area contributed by atoms with Crippen molar-refractivity contribution in [2.24, 2.45) is 0 Å². The van der Waals surface area contributed by atoms with Crippen molar-refractivity contribution in [1.29, 1.82) is 0 Å². The molecule has 0 aliphatic heterocycles. The standard InChI is InChI=1S/C61H42N2/c1-4-18-43(19-5-1)45-22-16-24-47(40-45)61(48-25-17-23-46(41-48)44-20-6-2-7-21-44)57-31-13-10-28-53(57)54-39-38-52(42-58(54)61)62(49-26-8-3-9-27-49)50-34-36-51(37-35-50)63-59-32-14-11-29-55(59)56-30-12-15-33-60(56)63/h1-42H. The van der Waals surface area contributed by atoms with Crippen LogP contribution in [0.1, 0.15) is 22.3 Å². The summed E-state index contributed by atoms with van der Waals surface area (Å²) in [6.45, 7) is 0. The van der Waals surface area contributed by atoms with Gasteiger partial charge < -0.3 is 9.47 Å². The zero-order valence-corrected chi connectivity index (χ0v) is 34.6. The van der Waals surface area contributed by atoms with Crippen molar-refractivity contribution in [3.05, 3.63) is 277 Å². The number of nitrogens with zero attached hydrogens (tertiary/aromatic N) is 2. The molecule has 10 aromatic carbocycles. The van der Waals surface area contributed by atoms with Gasteiger partial charge in [0.2, 0.25) is 0 Å². The summed E-state index contributed by atoms with van der Waals surface area (Å²) in [5.74, 6) is 0. The highest BCUT2D eigenvalue weighted by molar-refractivity contribution is 6.09. The number of anilines is 3. The molecule has 0 N–H and O–H groups in total. The number of benzene rings is 10. The lowest BCUT2D eigenvalue weighted by Crippen LogP contribution is -2.29. The molecule has 0 fully saturated rings. The molecule has 0 saturated carbocycles. The molecule has 0 amide bonds. The van der Waals surface area contributed by atoms with Crippen LogP contribution in [0.2, 0.25) is 0 Å². The van der Waals surface area contributed by atoms with Gasteiger partial charge in [0.25, 0.3) is 0 Å². The van der Waals surface area contributed by atoms with Crippen LogP contribution in [0, 0.1) is 0 Å². The molecule has 1 aliphatic rings. The molecule has 0 atom stereocenters. The second-order valence-corrected chi connectivity index (χ2v) is 16.5. The van der Waals surface area contributed by atoms with E-state index in [1.54, 1.807) is 0 Å². The maximum Gasteiger partial charge on any atom is 0.0714 e. The normalized spacial score (nSPS) is 12.6. The minimum Gasteiger partial charge on any atom is -0.310 e. The first-order valence-electron chi connectivity index (χ1n) is 21.8. The van der Waals surface area contributed by atoms with Gasteiger partial charge in [-0.05, 0) is 128 Å². The van der Waals surface area contributed by atoms with Gasteiger partial charge >= 0.3 is 0 Å². The molecular formula is C61H42N2. The molecular weight excluding hydrogens is 761 g/mol. The highest BCUT2D eigenvalue weighted by Gasteiger charge is 2.46. The fourth-order valence-electron chi connectivity index (χ4n) is 10.3. The first-order valence-corrected chi connectivity index (χ1v) is 21.8. The molecule has 2 nitrogen and oxygen atoms in total. The summed E-state index contributed by atoms with van der Waals surface area (Å²) in [5.41, 5.74) is 18.5. The SMILES string of the molecule is c1ccc(-c2cccc(C3(c4cccc(-c5ccccc5)c4)c4ccccc4-c4ccc(N(c5ccccc5)c5ccc(-n6c7ccccc7c7ccccc76)cc5)cc43)c2)cc1. The van der Waals surface area contributed by atoms with E-state index in [-0.39, 0.29) is 0 Å². The Morgan fingerprint density at radius 3 is 1.37 bits per heavy atom. The summed E-state index contributed by atoms with van der Waals surface area (Å²) in [5, 5.41) is 2.52. The van der Waals surface area contributed by atoms with Gasteiger partial charge in [0.05, 0.1) is 16.4 Å². The fourth-order valence-corrected chi connectivity index (χ4v) is 10.3. The summed E-state index contributed by atoms with van der Waals surface area (Å²) >= 11 is 0. The van der Waals surface area contributed by atoms with E-state index in [1.165, 1.54) is 77.4 Å². The summed E-state index contributed by atoms with van der Waals surface area (Å²) in [6.07, 6.45) is 0. The predicted molar refractivity (Wildman–Crippen MR) is 264 cm³/mol. The number of hydrogen-bond acceptors (Lipinski definition) is 1. The van der Waals surface area contributed by atoms with Gasteiger partial charge in [-0.25, -0.2) is 0 Å². The van der Waals surface area contributed by atoms with Crippen molar-refractivity contribution in [3.8, 4) is 39.1 Å². The number of aromatic nitrogens is 1. The first-order chi connectivity index (χ1) is 31.3. The molecule has 12 rings (SSSR count). The molecule has 1 heterocycles. The summed E-state index contributed by atoms with van der Waals surface area (Å²) in [6, 6.07) is 93.4. The zero-order chi connectivity index (χ0) is 41.7. The lowest BCUT2D eigenvalue weighted by molar-refractivity contribution is 0.769. The topological polar surface area (TPSA) is 8.17 Å². The van der Waals surface area contributed by atoms with Gasteiger partial charge in [0.1, 0.15) is 0 Å². The van der Waals surface area contributed by atoms with E-state index >= 15 is 0 Å². The average Bonchev–Trinajstić information content (AvgIpc) is 3.86. The van der Waals surface area contributed by atoms with Crippen LogP contribution < -0.4 is 4.90 Å². The van der Waals surface area contributed by atoms with Crippen LogP contribution in [0.5, 0.6) is 0 Å². The Morgan fingerprint density at radius 1 is 0.302 bits per heavy atom. The third-order valence-corrected chi connectivity index (χ3v) is 13.1. The minimum atomic E-state index is -0.625. The molecule has 0 saturated heterocycles. The fraction of sp³-hybridized carbons (Fsp3) is 0.0164. The molecule has 63 heavy (non-hydrogen) atoms. The second kappa shape index (κ2) is 15.1. The predicted octanol–water partition coefficient (Wildman–Crippen LogP) is 16.0. The van der Waals surface area contributed by atoms with E-state index in [4.69, 9.17) is 0 Å². The van der Waals surface area contributed by atoms with Crippen LogP contribution in [0.25, 0.3) is 60.9 Å². The van der Waals surface area contributed by atoms with E-state index in [0.29, 0.717) is 0 Å². The maximum atomic E-state index is 2.47. The van der Waals surface area contributed by atoms with Crippen molar-refractivity contribution in [2.45, 2.75) is 5.41 Å². The molecule has 11 aromatic rings. The van der Waals surface area contributed by atoms with Gasteiger partial charge in [-0.1, -0.05) is 182 Å². The molecule has 0 bridgehead atoms. The van der Waals surface area contributed by atoms with Gasteiger partial charge in [0, 0.05) is 33.5 Å². The second-order valence-electron chi connectivity index (χ2n) is 16.5. The van der Waals surface area contributed by atoms with Crippen molar-refractivity contribution in [2.75, 3.05) is 4.90 Å². The Labute approximate surface area is 368 Å². The number of rotatable bonds is 8.